The van der Waals surface area contributed by atoms with Crippen molar-refractivity contribution >= 4 is 22.4 Å². The predicted octanol–water partition coefficient (Wildman–Crippen LogP) is 4.68. The molecule has 88 valence electrons. The van der Waals surface area contributed by atoms with Gasteiger partial charge in [0.15, 0.2) is 0 Å². The number of hydrogen-bond donors (Lipinski definition) is 0. The van der Waals surface area contributed by atoms with Gasteiger partial charge in [-0.25, -0.2) is 4.98 Å². The van der Waals surface area contributed by atoms with Crippen molar-refractivity contribution in [3.05, 3.63) is 65.8 Å². The highest BCUT2D eigenvalue weighted by Crippen LogP contribution is 2.25. The second kappa shape index (κ2) is 4.67. The minimum Gasteiger partial charge on any atom is -0.439 e. The summed E-state index contributed by atoms with van der Waals surface area (Å²) in [6, 6.07) is 19.4. The smallest absolute Gasteiger partial charge is 0.220 e. The fourth-order valence-electron chi connectivity index (χ4n) is 1.80. The Kier molecular flexibility index (Phi) is 2.87. The Labute approximate surface area is 110 Å². The third kappa shape index (κ3) is 2.29. The van der Waals surface area contributed by atoms with Crippen LogP contribution in [0.25, 0.3) is 10.8 Å². The summed E-state index contributed by atoms with van der Waals surface area (Å²) in [6.45, 7) is 0. The van der Waals surface area contributed by atoms with Crippen molar-refractivity contribution in [1.82, 2.24) is 4.98 Å². The monoisotopic (exact) mass is 255 g/mol. The molecule has 0 aliphatic heterocycles. The number of ether oxygens (including phenoxy) is 1. The topological polar surface area (TPSA) is 22.1 Å². The van der Waals surface area contributed by atoms with Gasteiger partial charge in [0.05, 0.1) is 0 Å². The summed E-state index contributed by atoms with van der Waals surface area (Å²) in [5.41, 5.74) is 0. The minimum absolute atomic E-state index is 0.424. The van der Waals surface area contributed by atoms with Gasteiger partial charge in [-0.1, -0.05) is 48.0 Å². The molecule has 0 N–H and O–H groups in total. The zero-order valence-corrected chi connectivity index (χ0v) is 10.3. The van der Waals surface area contributed by atoms with Crippen LogP contribution in [0, 0.1) is 0 Å². The number of halogens is 1. The van der Waals surface area contributed by atoms with E-state index in [1.165, 1.54) is 5.39 Å². The molecule has 1 aromatic heterocycles. The number of hydrogen-bond acceptors (Lipinski definition) is 2. The molecule has 3 aromatic rings. The lowest BCUT2D eigenvalue weighted by atomic mass is 10.1. The number of fused-ring (bicyclic) bond motifs is 1. The van der Waals surface area contributed by atoms with E-state index >= 15 is 0 Å². The van der Waals surface area contributed by atoms with E-state index < -0.39 is 0 Å². The maximum Gasteiger partial charge on any atom is 0.220 e. The van der Waals surface area contributed by atoms with Gasteiger partial charge in [-0.2, -0.15) is 0 Å². The third-order valence-corrected chi connectivity index (χ3v) is 2.84. The number of nitrogens with zero attached hydrogens (tertiary/aromatic N) is 1. The molecule has 2 nitrogen and oxygen atoms in total. The van der Waals surface area contributed by atoms with Crippen LogP contribution in [0.15, 0.2) is 60.7 Å². The molecule has 1 heterocycles. The van der Waals surface area contributed by atoms with Crippen molar-refractivity contribution in [3.63, 3.8) is 0 Å². The molecule has 0 fully saturated rings. The predicted molar refractivity (Wildman–Crippen MR) is 73.3 cm³/mol. The van der Waals surface area contributed by atoms with Crippen molar-refractivity contribution in [2.24, 2.45) is 0 Å². The van der Waals surface area contributed by atoms with Crippen LogP contribution in [-0.4, -0.2) is 4.98 Å². The van der Waals surface area contributed by atoms with E-state index in [9.17, 15) is 0 Å². The highest BCUT2D eigenvalue weighted by atomic mass is 35.5. The quantitative estimate of drug-likeness (QED) is 0.620. The van der Waals surface area contributed by atoms with Crippen molar-refractivity contribution in [1.29, 1.82) is 0 Å². The maximum atomic E-state index is 5.82. The molecule has 3 heteroatoms. The summed E-state index contributed by atoms with van der Waals surface area (Å²) in [7, 11) is 0. The summed E-state index contributed by atoms with van der Waals surface area (Å²) in [6.07, 6.45) is 0. The van der Waals surface area contributed by atoms with Gasteiger partial charge in [-0.3, -0.25) is 0 Å². The van der Waals surface area contributed by atoms with Crippen molar-refractivity contribution < 1.29 is 4.74 Å². The SMILES string of the molecule is Clc1cccc(Oc2ccc3ccccc3c2)n1. The van der Waals surface area contributed by atoms with E-state index in [0.717, 1.165) is 11.1 Å². The first kappa shape index (κ1) is 11.1. The van der Waals surface area contributed by atoms with Gasteiger partial charge in [0.1, 0.15) is 10.9 Å². The van der Waals surface area contributed by atoms with Gasteiger partial charge >= 0.3 is 0 Å². The van der Waals surface area contributed by atoms with E-state index in [-0.39, 0.29) is 0 Å². The van der Waals surface area contributed by atoms with Crippen LogP contribution >= 0.6 is 11.6 Å². The lowest BCUT2D eigenvalue weighted by molar-refractivity contribution is 0.464. The first-order chi connectivity index (χ1) is 8.81. The van der Waals surface area contributed by atoms with Gasteiger partial charge in [0, 0.05) is 6.07 Å². The molecular weight excluding hydrogens is 246 g/mol. The first-order valence-corrected chi connectivity index (χ1v) is 5.98. The molecule has 0 saturated carbocycles. The van der Waals surface area contributed by atoms with E-state index in [1.807, 2.05) is 42.5 Å². The van der Waals surface area contributed by atoms with Crippen molar-refractivity contribution in [3.8, 4) is 11.6 Å². The molecule has 3 rings (SSSR count). The van der Waals surface area contributed by atoms with E-state index in [4.69, 9.17) is 16.3 Å². The third-order valence-electron chi connectivity index (χ3n) is 2.63. The first-order valence-electron chi connectivity index (χ1n) is 5.60. The second-order valence-corrected chi connectivity index (χ2v) is 4.30. The molecule has 18 heavy (non-hydrogen) atoms. The highest BCUT2D eigenvalue weighted by molar-refractivity contribution is 6.29. The molecule has 0 radical (unpaired) electrons. The van der Waals surface area contributed by atoms with Gasteiger partial charge in [0.2, 0.25) is 5.88 Å². The van der Waals surface area contributed by atoms with Crippen LogP contribution < -0.4 is 4.74 Å². The lowest BCUT2D eigenvalue weighted by Gasteiger charge is -2.06. The molecule has 0 amide bonds. The van der Waals surface area contributed by atoms with Gasteiger partial charge in [0.25, 0.3) is 0 Å². The molecule has 0 bridgehead atoms. The second-order valence-electron chi connectivity index (χ2n) is 3.91. The lowest BCUT2D eigenvalue weighted by Crippen LogP contribution is -1.87. The summed E-state index contributed by atoms with van der Waals surface area (Å²) < 4.78 is 5.67. The Morgan fingerprint density at radius 2 is 1.67 bits per heavy atom. The van der Waals surface area contributed by atoms with Crippen LogP contribution in [0.5, 0.6) is 11.6 Å². The zero-order valence-electron chi connectivity index (χ0n) is 9.51. The van der Waals surface area contributed by atoms with Gasteiger partial charge < -0.3 is 4.74 Å². The minimum atomic E-state index is 0.424. The molecule has 0 spiro atoms. The number of aromatic nitrogens is 1. The fourth-order valence-corrected chi connectivity index (χ4v) is 1.95. The Balaban J connectivity index is 1.95. The summed E-state index contributed by atoms with van der Waals surface area (Å²) in [5.74, 6) is 1.25. The van der Waals surface area contributed by atoms with Gasteiger partial charge in [-0.15, -0.1) is 0 Å². The normalized spacial score (nSPS) is 10.5. The molecule has 0 unspecified atom stereocenters. The van der Waals surface area contributed by atoms with Crippen LogP contribution in [0.3, 0.4) is 0 Å². The Hall–Kier alpha value is -2.06. The van der Waals surface area contributed by atoms with Crippen LogP contribution in [0.1, 0.15) is 0 Å². The largest absolute Gasteiger partial charge is 0.439 e. The van der Waals surface area contributed by atoms with E-state index in [0.29, 0.717) is 11.0 Å². The Bertz CT molecular complexity index is 697. The molecule has 0 atom stereocenters. The summed E-state index contributed by atoms with van der Waals surface area (Å²) >= 11 is 5.82. The van der Waals surface area contributed by atoms with Crippen molar-refractivity contribution in [2.75, 3.05) is 0 Å². The van der Waals surface area contributed by atoms with Crippen LogP contribution in [-0.2, 0) is 0 Å². The molecular formula is C15H10ClNO. The Morgan fingerprint density at radius 1 is 0.833 bits per heavy atom. The van der Waals surface area contributed by atoms with Gasteiger partial charge in [-0.05, 0) is 29.0 Å². The Morgan fingerprint density at radius 3 is 2.50 bits per heavy atom. The maximum absolute atomic E-state index is 5.82. The molecule has 0 aliphatic rings. The summed E-state index contributed by atoms with van der Waals surface area (Å²) in [4.78, 5) is 4.09. The van der Waals surface area contributed by atoms with Crippen LogP contribution in [0.2, 0.25) is 5.15 Å². The van der Waals surface area contributed by atoms with E-state index in [2.05, 4.69) is 11.1 Å². The van der Waals surface area contributed by atoms with Crippen LogP contribution in [0.4, 0.5) is 0 Å². The fraction of sp³-hybridized carbons (Fsp3) is 0. The highest BCUT2D eigenvalue weighted by Gasteiger charge is 2.00. The average Bonchev–Trinajstić information content (AvgIpc) is 2.39. The number of rotatable bonds is 2. The molecule has 2 aromatic carbocycles. The molecule has 0 saturated heterocycles. The summed E-state index contributed by atoms with van der Waals surface area (Å²) in [5, 5.41) is 2.74. The standard InChI is InChI=1S/C15H10ClNO/c16-14-6-3-7-15(17-14)18-13-9-8-11-4-1-2-5-12(11)10-13/h1-10H. The zero-order chi connectivity index (χ0) is 12.4. The van der Waals surface area contributed by atoms with E-state index in [1.54, 1.807) is 12.1 Å². The molecule has 0 aliphatic carbocycles. The number of pyridine rings is 1. The average molecular weight is 256 g/mol. The van der Waals surface area contributed by atoms with Crippen molar-refractivity contribution in [2.45, 2.75) is 0 Å². The number of benzene rings is 2.